The van der Waals surface area contributed by atoms with Gasteiger partial charge in [-0.15, -0.1) is 11.3 Å². The van der Waals surface area contributed by atoms with Gasteiger partial charge in [0, 0.05) is 34.7 Å². The number of nitrogens with zero attached hydrogens (tertiary/aromatic N) is 2. The number of para-hydroxylation sites is 1. The Morgan fingerprint density at radius 3 is 3.00 bits per heavy atom. The molecule has 0 saturated carbocycles. The molecular weight excluding hydrogens is 242 g/mol. The third-order valence-electron chi connectivity index (χ3n) is 3.05. The minimum atomic E-state index is 0.898. The van der Waals surface area contributed by atoms with E-state index >= 15 is 0 Å². The van der Waals surface area contributed by atoms with Gasteiger partial charge >= 0.3 is 0 Å². The lowest BCUT2D eigenvalue weighted by Gasteiger charge is -2.01. The number of rotatable bonds is 4. The van der Waals surface area contributed by atoms with Gasteiger partial charge in [0.25, 0.3) is 0 Å². The first-order valence-electron chi connectivity index (χ1n) is 5.97. The molecule has 0 aliphatic heterocycles. The number of fused-ring (bicyclic) bond motifs is 1. The number of thiazole rings is 1. The van der Waals surface area contributed by atoms with E-state index in [0.29, 0.717) is 0 Å². The maximum Gasteiger partial charge on any atom is 0.0794 e. The second kappa shape index (κ2) is 4.92. The van der Waals surface area contributed by atoms with Crippen LogP contribution in [0, 0.1) is 0 Å². The zero-order chi connectivity index (χ0) is 12.4. The van der Waals surface area contributed by atoms with Gasteiger partial charge in [-0.05, 0) is 18.7 Å². The van der Waals surface area contributed by atoms with Gasteiger partial charge in [0.1, 0.15) is 0 Å². The predicted molar refractivity (Wildman–Crippen MR) is 75.9 cm³/mol. The number of aromatic nitrogens is 2. The molecule has 0 spiro atoms. The summed E-state index contributed by atoms with van der Waals surface area (Å²) < 4.78 is 2.30. The lowest BCUT2D eigenvalue weighted by atomic mass is 10.2. The van der Waals surface area contributed by atoms with E-state index in [1.807, 2.05) is 18.8 Å². The van der Waals surface area contributed by atoms with Gasteiger partial charge in [-0.25, -0.2) is 0 Å². The summed E-state index contributed by atoms with van der Waals surface area (Å²) in [6.45, 7) is 1.80. The lowest BCUT2D eigenvalue weighted by Crippen LogP contribution is -2.04. The molecular formula is C14H15N3S. The number of hydrogen-bond donors (Lipinski definition) is 1. The van der Waals surface area contributed by atoms with Crippen LogP contribution in [-0.2, 0) is 13.1 Å². The molecule has 2 aromatic heterocycles. The maximum absolute atomic E-state index is 4.13. The van der Waals surface area contributed by atoms with E-state index in [4.69, 9.17) is 0 Å². The normalized spacial score (nSPS) is 11.2. The van der Waals surface area contributed by atoms with Crippen LogP contribution in [0.4, 0.5) is 0 Å². The summed E-state index contributed by atoms with van der Waals surface area (Å²) in [7, 11) is 1.98. The first-order chi connectivity index (χ1) is 8.88. The molecule has 3 aromatic rings. The molecule has 0 saturated heterocycles. The molecule has 0 atom stereocenters. The average Bonchev–Trinajstić information content (AvgIpc) is 3.00. The minimum absolute atomic E-state index is 0.898. The van der Waals surface area contributed by atoms with Crippen LogP contribution in [0.15, 0.2) is 42.2 Å². The van der Waals surface area contributed by atoms with Crippen LogP contribution in [0.3, 0.4) is 0 Å². The van der Waals surface area contributed by atoms with Crippen LogP contribution in [0.5, 0.6) is 0 Å². The molecule has 0 bridgehead atoms. The Morgan fingerprint density at radius 2 is 2.22 bits per heavy atom. The van der Waals surface area contributed by atoms with Crippen LogP contribution in [0.25, 0.3) is 10.9 Å². The molecule has 1 aromatic carbocycles. The minimum Gasteiger partial charge on any atom is -0.342 e. The Morgan fingerprint density at radius 1 is 1.33 bits per heavy atom. The van der Waals surface area contributed by atoms with Gasteiger partial charge in [-0.2, -0.15) is 0 Å². The van der Waals surface area contributed by atoms with Crippen molar-refractivity contribution in [3.8, 4) is 0 Å². The standard InChI is InChI=1S/C14H15N3S/c1-15-6-11-8-17(9-12-7-16-10-18-12)14-5-3-2-4-13(11)14/h2-5,7-8,10,15H,6,9H2,1H3. The molecule has 18 heavy (non-hydrogen) atoms. The van der Waals surface area contributed by atoms with Gasteiger partial charge in [0.05, 0.1) is 12.1 Å². The second-order valence-electron chi connectivity index (χ2n) is 4.30. The van der Waals surface area contributed by atoms with Crippen molar-refractivity contribution in [2.24, 2.45) is 0 Å². The lowest BCUT2D eigenvalue weighted by molar-refractivity contribution is 0.799. The van der Waals surface area contributed by atoms with Crippen molar-refractivity contribution in [1.29, 1.82) is 0 Å². The van der Waals surface area contributed by atoms with Crippen molar-refractivity contribution in [1.82, 2.24) is 14.9 Å². The topological polar surface area (TPSA) is 29.9 Å². The maximum atomic E-state index is 4.13. The zero-order valence-corrected chi connectivity index (χ0v) is 11.1. The third-order valence-corrected chi connectivity index (χ3v) is 3.81. The molecule has 3 rings (SSSR count). The Balaban J connectivity index is 2.05. The van der Waals surface area contributed by atoms with Crippen LogP contribution in [0.2, 0.25) is 0 Å². The van der Waals surface area contributed by atoms with Gasteiger partial charge in [0.2, 0.25) is 0 Å². The van der Waals surface area contributed by atoms with Crippen LogP contribution < -0.4 is 5.32 Å². The summed E-state index contributed by atoms with van der Waals surface area (Å²) in [5.74, 6) is 0. The summed E-state index contributed by atoms with van der Waals surface area (Å²) in [5, 5.41) is 4.56. The molecule has 1 N–H and O–H groups in total. The molecule has 0 fully saturated rings. The monoisotopic (exact) mass is 257 g/mol. The van der Waals surface area contributed by atoms with Crippen molar-refractivity contribution >= 4 is 22.2 Å². The third kappa shape index (κ3) is 2.05. The first-order valence-corrected chi connectivity index (χ1v) is 6.85. The summed E-state index contributed by atoms with van der Waals surface area (Å²) in [6, 6.07) is 8.55. The smallest absolute Gasteiger partial charge is 0.0794 e. The Labute approximate surface area is 110 Å². The van der Waals surface area contributed by atoms with Gasteiger partial charge in [-0.3, -0.25) is 4.98 Å². The van der Waals surface area contributed by atoms with Crippen molar-refractivity contribution in [2.45, 2.75) is 13.1 Å². The highest BCUT2D eigenvalue weighted by Gasteiger charge is 2.08. The molecule has 0 aliphatic carbocycles. The fourth-order valence-corrected chi connectivity index (χ4v) is 2.87. The largest absolute Gasteiger partial charge is 0.342 e. The number of benzene rings is 1. The Hall–Kier alpha value is -1.65. The highest BCUT2D eigenvalue weighted by atomic mass is 32.1. The van der Waals surface area contributed by atoms with E-state index in [1.165, 1.54) is 21.3 Å². The molecule has 3 nitrogen and oxygen atoms in total. The van der Waals surface area contributed by atoms with Gasteiger partial charge < -0.3 is 9.88 Å². The average molecular weight is 257 g/mol. The van der Waals surface area contributed by atoms with Crippen LogP contribution >= 0.6 is 11.3 Å². The van der Waals surface area contributed by atoms with E-state index in [2.05, 4.69) is 45.3 Å². The molecule has 0 amide bonds. The van der Waals surface area contributed by atoms with Crippen molar-refractivity contribution in [3.63, 3.8) is 0 Å². The zero-order valence-electron chi connectivity index (χ0n) is 10.3. The second-order valence-corrected chi connectivity index (χ2v) is 5.27. The first kappa shape index (κ1) is 11.4. The quantitative estimate of drug-likeness (QED) is 0.779. The number of hydrogen-bond acceptors (Lipinski definition) is 3. The SMILES string of the molecule is CNCc1cn(Cc2cncs2)c2ccccc12. The summed E-state index contributed by atoms with van der Waals surface area (Å²) >= 11 is 1.70. The van der Waals surface area contributed by atoms with Gasteiger partial charge in [0.15, 0.2) is 0 Å². The van der Waals surface area contributed by atoms with Gasteiger partial charge in [-0.1, -0.05) is 18.2 Å². The van der Waals surface area contributed by atoms with Crippen molar-refractivity contribution < 1.29 is 0 Å². The highest BCUT2D eigenvalue weighted by molar-refractivity contribution is 7.09. The molecule has 0 radical (unpaired) electrons. The summed E-state index contributed by atoms with van der Waals surface area (Å²) in [5.41, 5.74) is 4.52. The summed E-state index contributed by atoms with van der Waals surface area (Å²) in [6.07, 6.45) is 4.18. The predicted octanol–water partition coefficient (Wildman–Crippen LogP) is 2.87. The molecule has 0 aliphatic rings. The molecule has 4 heteroatoms. The van der Waals surface area contributed by atoms with E-state index in [9.17, 15) is 0 Å². The van der Waals surface area contributed by atoms with Crippen molar-refractivity contribution in [3.05, 3.63) is 52.6 Å². The summed E-state index contributed by atoms with van der Waals surface area (Å²) in [4.78, 5) is 5.42. The molecule has 0 unspecified atom stereocenters. The fourth-order valence-electron chi connectivity index (χ4n) is 2.27. The highest BCUT2D eigenvalue weighted by Crippen LogP contribution is 2.22. The van der Waals surface area contributed by atoms with E-state index < -0.39 is 0 Å². The van der Waals surface area contributed by atoms with Crippen molar-refractivity contribution in [2.75, 3.05) is 7.05 Å². The molecule has 92 valence electrons. The Bertz CT molecular complexity index is 640. The van der Waals surface area contributed by atoms with E-state index in [1.54, 1.807) is 11.3 Å². The fraction of sp³-hybridized carbons (Fsp3) is 0.214. The number of nitrogens with one attached hydrogen (secondary N) is 1. The van der Waals surface area contributed by atoms with Crippen LogP contribution in [0.1, 0.15) is 10.4 Å². The van der Waals surface area contributed by atoms with E-state index in [-0.39, 0.29) is 0 Å². The van der Waals surface area contributed by atoms with Crippen LogP contribution in [-0.4, -0.2) is 16.6 Å². The molecule has 2 heterocycles. The van der Waals surface area contributed by atoms with E-state index in [0.717, 1.165) is 13.1 Å². The Kier molecular flexibility index (Phi) is 3.13.